The average Bonchev–Trinajstić information content (AvgIpc) is 2.78. The first-order valence-corrected chi connectivity index (χ1v) is 6.78. The molecule has 2 rings (SSSR count). The minimum Gasteiger partial charge on any atom is -0.494 e. The third-order valence-electron chi connectivity index (χ3n) is 2.48. The Labute approximate surface area is 109 Å². The Kier molecular flexibility index (Phi) is 3.43. The lowest BCUT2D eigenvalue weighted by Gasteiger charge is -2.11. The number of benzene rings is 1. The zero-order valence-electron chi connectivity index (χ0n) is 10.3. The van der Waals surface area contributed by atoms with Gasteiger partial charge in [-0.25, -0.2) is 12.8 Å². The topological polar surface area (TPSA) is 84.1 Å². The highest BCUT2D eigenvalue weighted by Gasteiger charge is 2.20. The van der Waals surface area contributed by atoms with Crippen molar-refractivity contribution in [2.45, 2.75) is 11.8 Å². The molecule has 0 saturated carbocycles. The normalized spacial score (nSPS) is 11.3. The summed E-state index contributed by atoms with van der Waals surface area (Å²) in [6, 6.07) is 3.53. The summed E-state index contributed by atoms with van der Waals surface area (Å²) >= 11 is 0. The predicted octanol–water partition coefficient (Wildman–Crippen LogP) is 1.67. The van der Waals surface area contributed by atoms with Crippen LogP contribution in [0.25, 0.3) is 0 Å². The fourth-order valence-electron chi connectivity index (χ4n) is 1.56. The molecule has 0 fully saturated rings. The van der Waals surface area contributed by atoms with Gasteiger partial charge in [-0.15, -0.1) is 0 Å². The second kappa shape index (κ2) is 4.88. The number of hydrogen-bond donors (Lipinski definition) is 2. The second-order valence-electron chi connectivity index (χ2n) is 3.81. The van der Waals surface area contributed by atoms with Gasteiger partial charge in [-0.1, -0.05) is 0 Å². The Bertz CT molecular complexity index is 697. The molecule has 2 aromatic rings. The average molecular weight is 285 g/mol. The number of halogens is 1. The Hall–Kier alpha value is -2.09. The van der Waals surface area contributed by atoms with Gasteiger partial charge in [0.25, 0.3) is 10.0 Å². The quantitative estimate of drug-likeness (QED) is 0.895. The molecule has 2 N–H and O–H groups in total. The molecule has 1 aromatic carbocycles. The summed E-state index contributed by atoms with van der Waals surface area (Å²) in [5.74, 6) is -0.413. The molecule has 8 heteroatoms. The lowest BCUT2D eigenvalue weighted by Crippen LogP contribution is -2.14. The number of anilines is 1. The fourth-order valence-corrected chi connectivity index (χ4v) is 2.77. The van der Waals surface area contributed by atoms with Gasteiger partial charge >= 0.3 is 0 Å². The van der Waals surface area contributed by atoms with E-state index >= 15 is 0 Å². The number of sulfonamides is 1. The summed E-state index contributed by atoms with van der Waals surface area (Å²) in [6.07, 6.45) is 1.20. The van der Waals surface area contributed by atoms with E-state index in [1.54, 1.807) is 6.92 Å². The number of aromatic nitrogens is 2. The molecule has 0 radical (unpaired) electrons. The van der Waals surface area contributed by atoms with E-state index in [9.17, 15) is 12.8 Å². The number of aryl methyl sites for hydroxylation is 1. The molecule has 0 spiro atoms. The molecular formula is C11H12FN3O3S. The highest BCUT2D eigenvalue weighted by molar-refractivity contribution is 7.92. The van der Waals surface area contributed by atoms with Crippen molar-refractivity contribution in [1.82, 2.24) is 10.2 Å². The number of hydrogen-bond acceptors (Lipinski definition) is 4. The SMILES string of the molecule is COc1cc(F)ccc1NS(=O)(=O)c1cn[nH]c1C. The first-order valence-electron chi connectivity index (χ1n) is 5.30. The van der Waals surface area contributed by atoms with Crippen LogP contribution in [0.4, 0.5) is 10.1 Å². The van der Waals surface area contributed by atoms with E-state index in [0.29, 0.717) is 5.69 Å². The molecule has 0 aliphatic heterocycles. The van der Waals surface area contributed by atoms with Gasteiger partial charge < -0.3 is 4.74 Å². The molecule has 102 valence electrons. The van der Waals surface area contributed by atoms with Crippen LogP contribution in [0, 0.1) is 12.7 Å². The first kappa shape index (κ1) is 13.3. The first-order chi connectivity index (χ1) is 8.94. The van der Waals surface area contributed by atoms with Crippen LogP contribution in [-0.4, -0.2) is 25.7 Å². The van der Waals surface area contributed by atoms with Gasteiger partial charge in [0, 0.05) is 6.07 Å². The van der Waals surface area contributed by atoms with Crippen LogP contribution in [0.15, 0.2) is 29.3 Å². The molecule has 1 aromatic heterocycles. The summed E-state index contributed by atoms with van der Waals surface area (Å²) in [7, 11) is -2.46. The Morgan fingerprint density at radius 3 is 2.74 bits per heavy atom. The molecule has 6 nitrogen and oxygen atoms in total. The van der Waals surface area contributed by atoms with Crippen LogP contribution in [0.1, 0.15) is 5.69 Å². The van der Waals surface area contributed by atoms with E-state index in [2.05, 4.69) is 14.9 Å². The summed E-state index contributed by atoms with van der Waals surface area (Å²) in [6.45, 7) is 1.59. The summed E-state index contributed by atoms with van der Waals surface area (Å²) in [5, 5.41) is 6.19. The fraction of sp³-hybridized carbons (Fsp3) is 0.182. The monoisotopic (exact) mass is 285 g/mol. The smallest absolute Gasteiger partial charge is 0.265 e. The van der Waals surface area contributed by atoms with E-state index < -0.39 is 15.8 Å². The zero-order chi connectivity index (χ0) is 14.0. The molecule has 0 amide bonds. The van der Waals surface area contributed by atoms with E-state index in [4.69, 9.17) is 4.74 Å². The van der Waals surface area contributed by atoms with Crippen molar-refractivity contribution in [2.75, 3.05) is 11.8 Å². The molecule has 1 heterocycles. The number of ether oxygens (including phenoxy) is 1. The minimum atomic E-state index is -3.79. The van der Waals surface area contributed by atoms with Gasteiger partial charge in [-0.05, 0) is 19.1 Å². The van der Waals surface area contributed by atoms with Gasteiger partial charge in [0.05, 0.1) is 24.7 Å². The Morgan fingerprint density at radius 2 is 2.16 bits per heavy atom. The van der Waals surface area contributed by atoms with E-state index in [1.165, 1.54) is 19.4 Å². The lowest BCUT2D eigenvalue weighted by atomic mass is 10.3. The second-order valence-corrected chi connectivity index (χ2v) is 5.46. The van der Waals surface area contributed by atoms with E-state index in [0.717, 1.165) is 12.1 Å². The maximum atomic E-state index is 13.0. The summed E-state index contributed by atoms with van der Waals surface area (Å²) in [4.78, 5) is 0.0267. The third-order valence-corrected chi connectivity index (χ3v) is 3.96. The molecule has 19 heavy (non-hydrogen) atoms. The van der Waals surface area contributed by atoms with Crippen molar-refractivity contribution in [2.24, 2.45) is 0 Å². The lowest BCUT2D eigenvalue weighted by molar-refractivity contribution is 0.413. The van der Waals surface area contributed by atoms with Crippen LogP contribution < -0.4 is 9.46 Å². The number of H-pyrrole nitrogens is 1. The van der Waals surface area contributed by atoms with Crippen molar-refractivity contribution in [3.05, 3.63) is 35.9 Å². The predicted molar refractivity (Wildman–Crippen MR) is 67.1 cm³/mol. The molecule has 0 aliphatic rings. The molecule has 0 atom stereocenters. The zero-order valence-corrected chi connectivity index (χ0v) is 11.1. The molecule has 0 aliphatic carbocycles. The standard InChI is InChI=1S/C11H12FN3O3S/c1-7-11(6-13-14-7)19(16,17)15-9-4-3-8(12)5-10(9)18-2/h3-6,15H,1-2H3,(H,13,14). The van der Waals surface area contributed by atoms with Gasteiger partial charge in [0.15, 0.2) is 0 Å². The number of nitrogens with zero attached hydrogens (tertiary/aromatic N) is 1. The summed E-state index contributed by atoms with van der Waals surface area (Å²) in [5.41, 5.74) is 0.568. The van der Waals surface area contributed by atoms with E-state index in [-0.39, 0.29) is 16.3 Å². The van der Waals surface area contributed by atoms with Crippen LogP contribution in [0.3, 0.4) is 0 Å². The highest BCUT2D eigenvalue weighted by atomic mass is 32.2. The Morgan fingerprint density at radius 1 is 1.42 bits per heavy atom. The van der Waals surface area contributed by atoms with Gasteiger partial charge in [0.2, 0.25) is 0 Å². The van der Waals surface area contributed by atoms with Crippen molar-refractivity contribution in [3.63, 3.8) is 0 Å². The molecule has 0 unspecified atom stereocenters. The van der Waals surface area contributed by atoms with Crippen LogP contribution in [0.2, 0.25) is 0 Å². The van der Waals surface area contributed by atoms with Gasteiger partial charge in [0.1, 0.15) is 16.5 Å². The maximum Gasteiger partial charge on any atom is 0.265 e. The van der Waals surface area contributed by atoms with Crippen molar-refractivity contribution in [3.8, 4) is 5.75 Å². The summed E-state index contributed by atoms with van der Waals surface area (Å²) < 4.78 is 44.5. The number of nitrogens with one attached hydrogen (secondary N) is 2. The molecule has 0 bridgehead atoms. The van der Waals surface area contributed by atoms with E-state index in [1.807, 2.05) is 0 Å². The third kappa shape index (κ3) is 2.68. The van der Waals surface area contributed by atoms with Gasteiger partial charge in [-0.3, -0.25) is 9.82 Å². The largest absolute Gasteiger partial charge is 0.494 e. The van der Waals surface area contributed by atoms with Crippen LogP contribution >= 0.6 is 0 Å². The minimum absolute atomic E-state index is 0.0267. The van der Waals surface area contributed by atoms with Crippen molar-refractivity contribution >= 4 is 15.7 Å². The highest BCUT2D eigenvalue weighted by Crippen LogP contribution is 2.27. The van der Waals surface area contributed by atoms with Crippen molar-refractivity contribution in [1.29, 1.82) is 0 Å². The molecule has 0 saturated heterocycles. The molecular weight excluding hydrogens is 273 g/mol. The number of rotatable bonds is 4. The van der Waals surface area contributed by atoms with Crippen molar-refractivity contribution < 1.29 is 17.5 Å². The number of methoxy groups -OCH3 is 1. The number of aromatic amines is 1. The van der Waals surface area contributed by atoms with Crippen LogP contribution in [0.5, 0.6) is 5.75 Å². The van der Waals surface area contributed by atoms with Gasteiger partial charge in [-0.2, -0.15) is 5.10 Å². The van der Waals surface area contributed by atoms with Crippen LogP contribution in [-0.2, 0) is 10.0 Å². The Balaban J connectivity index is 2.39. The maximum absolute atomic E-state index is 13.0.